The molecule has 0 unspecified atom stereocenters. The average molecular weight is 626 g/mol. The van der Waals surface area contributed by atoms with E-state index in [0.717, 1.165) is 11.1 Å². The van der Waals surface area contributed by atoms with Gasteiger partial charge < -0.3 is 15.0 Å². The number of carbonyl (C=O) groups is 1. The molecule has 10 nitrogen and oxygen atoms in total. The number of anilines is 1. The van der Waals surface area contributed by atoms with Crippen LogP contribution in [0.3, 0.4) is 0 Å². The summed E-state index contributed by atoms with van der Waals surface area (Å²) in [5.41, 5.74) is 2.31. The largest absolute Gasteiger partial charge is 0.449 e. The molecule has 13 heteroatoms. The van der Waals surface area contributed by atoms with Gasteiger partial charge in [0.1, 0.15) is 17.3 Å². The lowest BCUT2D eigenvalue weighted by molar-refractivity contribution is -0.119. The molecule has 1 N–H and O–H groups in total. The normalized spacial score (nSPS) is 14.0. The third-order valence-electron chi connectivity index (χ3n) is 7.02. The molecule has 1 amide bonds. The number of piperazine rings is 1. The number of rotatable bonds is 8. The van der Waals surface area contributed by atoms with Crippen LogP contribution in [0.1, 0.15) is 12.5 Å². The number of nitrogens with zero attached hydrogens (tertiary/aromatic N) is 4. The summed E-state index contributed by atoms with van der Waals surface area (Å²) in [7, 11) is -3.34. The van der Waals surface area contributed by atoms with E-state index < -0.39 is 21.4 Å². The quantitative estimate of drug-likeness (QED) is 0.312. The molecule has 3 aromatic carbocycles. The van der Waals surface area contributed by atoms with Gasteiger partial charge in [-0.3, -0.25) is 9.59 Å². The minimum absolute atomic E-state index is 0.0323. The number of aromatic nitrogens is 2. The molecule has 0 saturated carbocycles. The molecular formula is C30H29ClFN5O5S. The van der Waals surface area contributed by atoms with E-state index in [-0.39, 0.29) is 31.3 Å². The fourth-order valence-electron chi connectivity index (χ4n) is 4.72. The minimum Gasteiger partial charge on any atom is -0.449 e. The molecule has 4 aromatic rings. The van der Waals surface area contributed by atoms with E-state index in [9.17, 15) is 22.4 Å². The van der Waals surface area contributed by atoms with Gasteiger partial charge in [0.2, 0.25) is 21.7 Å². The molecule has 0 spiro atoms. The van der Waals surface area contributed by atoms with Gasteiger partial charge in [0.05, 0.1) is 18.1 Å². The number of hydrogen-bond acceptors (Lipinski definition) is 7. The Kier molecular flexibility index (Phi) is 8.81. The number of carbonyl (C=O) groups excluding carboxylic acids is 1. The Morgan fingerprint density at radius 3 is 2.28 bits per heavy atom. The number of amides is 1. The van der Waals surface area contributed by atoms with Crippen molar-refractivity contribution in [1.82, 2.24) is 19.4 Å². The summed E-state index contributed by atoms with van der Waals surface area (Å²) in [4.78, 5) is 26.9. The van der Waals surface area contributed by atoms with Gasteiger partial charge >= 0.3 is 5.56 Å². The van der Waals surface area contributed by atoms with E-state index in [4.69, 9.17) is 16.3 Å². The minimum atomic E-state index is -3.34. The van der Waals surface area contributed by atoms with Gasteiger partial charge in [-0.15, -0.1) is 0 Å². The molecule has 224 valence electrons. The van der Waals surface area contributed by atoms with E-state index in [1.165, 1.54) is 34.4 Å². The predicted molar refractivity (Wildman–Crippen MR) is 163 cm³/mol. The lowest BCUT2D eigenvalue weighted by Gasteiger charge is -2.35. The number of hydrogen-bond donors (Lipinski definition) is 1. The molecule has 1 aliphatic heterocycles. The molecule has 0 atom stereocenters. The molecule has 1 fully saturated rings. The molecule has 0 bridgehead atoms. The maximum Gasteiger partial charge on any atom is 0.316 e. The molecule has 0 aliphatic carbocycles. The average Bonchev–Trinajstić information content (AvgIpc) is 2.98. The second-order valence-corrected chi connectivity index (χ2v) is 12.5. The molecule has 1 aromatic heterocycles. The summed E-state index contributed by atoms with van der Waals surface area (Å²) in [6.07, 6.45) is 2.70. The van der Waals surface area contributed by atoms with E-state index in [0.29, 0.717) is 40.8 Å². The van der Waals surface area contributed by atoms with Crippen LogP contribution in [0.2, 0.25) is 5.02 Å². The Balaban J connectivity index is 1.46. The number of ether oxygens (including phenoxy) is 1. The number of sulfonamides is 1. The van der Waals surface area contributed by atoms with Gasteiger partial charge in [-0.1, -0.05) is 29.8 Å². The van der Waals surface area contributed by atoms with Gasteiger partial charge in [-0.2, -0.15) is 14.1 Å². The van der Waals surface area contributed by atoms with Gasteiger partial charge in [-0.25, -0.2) is 12.8 Å². The highest BCUT2D eigenvalue weighted by Crippen LogP contribution is 2.32. The molecule has 1 saturated heterocycles. The highest BCUT2D eigenvalue weighted by atomic mass is 35.5. The molecular weight excluding hydrogens is 597 g/mol. The highest BCUT2D eigenvalue weighted by molar-refractivity contribution is 7.88. The first-order valence-electron chi connectivity index (χ1n) is 13.4. The Morgan fingerprint density at radius 1 is 1.00 bits per heavy atom. The fourth-order valence-corrected chi connectivity index (χ4v) is 5.67. The molecule has 43 heavy (non-hydrogen) atoms. The highest BCUT2D eigenvalue weighted by Gasteiger charge is 2.27. The Bertz CT molecular complexity index is 1810. The summed E-state index contributed by atoms with van der Waals surface area (Å²) < 4.78 is 47.1. The van der Waals surface area contributed by atoms with Crippen molar-refractivity contribution in [1.29, 1.82) is 0 Å². The van der Waals surface area contributed by atoms with Gasteiger partial charge in [0, 0.05) is 50.2 Å². The maximum absolute atomic E-state index is 14.3. The van der Waals surface area contributed by atoms with E-state index in [1.807, 2.05) is 4.90 Å². The Labute approximate surface area is 253 Å². The molecule has 1 aliphatic rings. The van der Waals surface area contributed by atoms with E-state index >= 15 is 0 Å². The zero-order chi connectivity index (χ0) is 30.7. The van der Waals surface area contributed by atoms with Crippen molar-refractivity contribution in [2.24, 2.45) is 0 Å². The monoisotopic (exact) mass is 625 g/mol. The SMILES string of the molecule is CC(=O)NCc1cc(-c2ccc(Oc3c(N4CCN(S(C)(=O)=O)CC4)cnn(-c4ccc(Cl)cc4)c3=O)cc2)ccc1F. The smallest absolute Gasteiger partial charge is 0.316 e. The van der Waals surface area contributed by atoms with Crippen molar-refractivity contribution in [2.75, 3.05) is 37.3 Å². The van der Waals surface area contributed by atoms with Crippen molar-refractivity contribution in [2.45, 2.75) is 13.5 Å². The first-order valence-corrected chi connectivity index (χ1v) is 15.6. The van der Waals surface area contributed by atoms with Crippen molar-refractivity contribution in [3.05, 3.63) is 99.7 Å². The van der Waals surface area contributed by atoms with Crippen molar-refractivity contribution in [3.8, 4) is 28.3 Å². The molecule has 5 rings (SSSR count). The first kappa shape index (κ1) is 30.2. The summed E-state index contributed by atoms with van der Waals surface area (Å²) in [6.45, 7) is 2.65. The van der Waals surface area contributed by atoms with Gasteiger partial charge in [-0.05, 0) is 59.7 Å². The topological polar surface area (TPSA) is 114 Å². The maximum atomic E-state index is 14.3. The van der Waals surface area contributed by atoms with Crippen molar-refractivity contribution >= 4 is 33.2 Å². The zero-order valence-electron chi connectivity index (χ0n) is 23.5. The van der Waals surface area contributed by atoms with Crippen molar-refractivity contribution in [3.63, 3.8) is 0 Å². The van der Waals surface area contributed by atoms with Crippen LogP contribution in [0.4, 0.5) is 10.1 Å². The second-order valence-electron chi connectivity index (χ2n) is 10.0. The third-order valence-corrected chi connectivity index (χ3v) is 8.57. The van der Waals surface area contributed by atoms with E-state index in [2.05, 4.69) is 10.4 Å². The number of benzene rings is 3. The molecule has 2 heterocycles. The van der Waals surface area contributed by atoms with Crippen LogP contribution in [0.25, 0.3) is 16.8 Å². The van der Waals surface area contributed by atoms with Gasteiger partial charge in [0.25, 0.3) is 0 Å². The van der Waals surface area contributed by atoms with Gasteiger partial charge in [0.15, 0.2) is 0 Å². The van der Waals surface area contributed by atoms with Crippen LogP contribution in [0, 0.1) is 5.82 Å². The lowest BCUT2D eigenvalue weighted by atomic mass is 10.0. The Morgan fingerprint density at radius 2 is 1.65 bits per heavy atom. The van der Waals surface area contributed by atoms with Crippen LogP contribution in [0.5, 0.6) is 11.5 Å². The lowest BCUT2D eigenvalue weighted by Crippen LogP contribution is -2.48. The van der Waals surface area contributed by atoms with E-state index in [1.54, 1.807) is 60.7 Å². The first-order chi connectivity index (χ1) is 20.5. The van der Waals surface area contributed by atoms with Crippen LogP contribution in [-0.2, 0) is 21.4 Å². The number of nitrogens with one attached hydrogen (secondary N) is 1. The Hall–Kier alpha value is -4.26. The van der Waals surface area contributed by atoms with Crippen LogP contribution >= 0.6 is 11.6 Å². The van der Waals surface area contributed by atoms with Crippen LogP contribution < -0.4 is 20.5 Å². The summed E-state index contributed by atoms with van der Waals surface area (Å²) in [6, 6.07) is 18.3. The standard InChI is InChI=1S/C30H29ClFN5O5S/c1-20(38)33-18-23-17-22(5-12-27(23)32)21-3-10-26(11-4-21)42-29-28(35-13-15-36(16-14-35)43(2,40)41)19-34-37(30(29)39)25-8-6-24(31)7-9-25/h3-12,17,19H,13-16,18H2,1-2H3,(H,33,38). The predicted octanol–water partition coefficient (Wildman–Crippen LogP) is 4.20. The molecule has 0 radical (unpaired) electrons. The fraction of sp³-hybridized carbons (Fsp3) is 0.233. The summed E-state index contributed by atoms with van der Waals surface area (Å²) in [5, 5.41) is 7.49. The van der Waals surface area contributed by atoms with Crippen molar-refractivity contribution < 1.29 is 22.3 Å². The summed E-state index contributed by atoms with van der Waals surface area (Å²) in [5.74, 6) is -0.262. The number of halogens is 2. The zero-order valence-corrected chi connectivity index (χ0v) is 25.0. The summed E-state index contributed by atoms with van der Waals surface area (Å²) >= 11 is 6.03. The third kappa shape index (κ3) is 7.04. The second kappa shape index (κ2) is 12.5. The van der Waals surface area contributed by atoms with Crippen LogP contribution in [-0.4, -0.2) is 60.8 Å². The van der Waals surface area contributed by atoms with Crippen LogP contribution in [0.15, 0.2) is 77.7 Å².